The standard InChI is InChI=1S/CH5N3.ClH/c2-1(3)4;/h(H5,2,3,4);1H/i1+1;. The smallest absolute Gasteiger partial charge is 0.183 e. The molecule has 5 heavy (non-hydrogen) atoms. The summed E-state index contributed by atoms with van der Waals surface area (Å²) in [5.74, 6) is -0.333. The van der Waals surface area contributed by atoms with E-state index in [0.717, 1.165) is 0 Å². The van der Waals surface area contributed by atoms with Crippen LogP contribution in [0.5, 0.6) is 0 Å². The molecule has 0 saturated carbocycles. The summed E-state index contributed by atoms with van der Waals surface area (Å²) in [5, 5.41) is 6.06. The van der Waals surface area contributed by atoms with Crippen molar-refractivity contribution in [2.45, 2.75) is 0 Å². The molecule has 0 bridgehead atoms. The second kappa shape index (κ2) is 3.56. The summed E-state index contributed by atoms with van der Waals surface area (Å²) >= 11 is 0. The summed E-state index contributed by atoms with van der Waals surface area (Å²) < 4.78 is 0. The van der Waals surface area contributed by atoms with Gasteiger partial charge in [-0.3, -0.25) is 5.41 Å². The number of halogens is 1. The average molecular weight is 96.5 g/mol. The van der Waals surface area contributed by atoms with Gasteiger partial charge in [0.05, 0.1) is 0 Å². The fraction of sp³-hybridized carbons (Fsp3) is 0. The van der Waals surface area contributed by atoms with Gasteiger partial charge < -0.3 is 11.5 Å². The molecule has 0 aliphatic rings. The van der Waals surface area contributed by atoms with E-state index < -0.39 is 0 Å². The van der Waals surface area contributed by atoms with Crippen LogP contribution < -0.4 is 11.5 Å². The summed E-state index contributed by atoms with van der Waals surface area (Å²) in [6, 6.07) is 0. The Morgan fingerprint density at radius 3 is 1.40 bits per heavy atom. The zero-order valence-electron chi connectivity index (χ0n) is 2.56. The maximum absolute atomic E-state index is 6.06. The van der Waals surface area contributed by atoms with Crippen molar-refractivity contribution in [3.05, 3.63) is 0 Å². The van der Waals surface area contributed by atoms with Gasteiger partial charge in [-0.1, -0.05) is 0 Å². The predicted octanol–water partition coefficient (Wildman–Crippen LogP) is -0.740. The van der Waals surface area contributed by atoms with Gasteiger partial charge in [0.2, 0.25) is 0 Å². The summed E-state index contributed by atoms with van der Waals surface area (Å²) in [5.41, 5.74) is 8.94. The predicted molar refractivity (Wildman–Crippen MR) is 23.3 cm³/mol. The highest BCUT2D eigenvalue weighted by Crippen LogP contribution is 1.13. The third kappa shape index (κ3) is 44.8. The summed E-state index contributed by atoms with van der Waals surface area (Å²) in [6.45, 7) is 0. The van der Waals surface area contributed by atoms with Crippen molar-refractivity contribution in [1.29, 1.82) is 5.41 Å². The highest BCUT2D eigenvalue weighted by atomic mass is 35.5. The normalized spacial score (nSPS) is 4.80. The molecular formula is CH6ClN3. The van der Waals surface area contributed by atoms with Gasteiger partial charge in [-0.2, -0.15) is 0 Å². The molecule has 0 aliphatic carbocycles. The Bertz CT molecular complexity index is 29.9. The first-order valence-electron chi connectivity index (χ1n) is 0.827. The molecule has 0 amide bonds. The Balaban J connectivity index is 0. The Morgan fingerprint density at radius 2 is 1.40 bits per heavy atom. The quantitative estimate of drug-likeness (QED) is 0.211. The van der Waals surface area contributed by atoms with Crippen LogP contribution in [-0.2, 0) is 0 Å². The minimum atomic E-state index is -0.333. The fourth-order valence-electron chi connectivity index (χ4n) is 0. The van der Waals surface area contributed by atoms with Crippen LogP contribution in [0.1, 0.15) is 0 Å². The molecule has 0 fully saturated rings. The van der Waals surface area contributed by atoms with Gasteiger partial charge in [0.25, 0.3) is 0 Å². The minimum absolute atomic E-state index is 0. The molecule has 0 aromatic rings. The van der Waals surface area contributed by atoms with E-state index >= 15 is 0 Å². The maximum Gasteiger partial charge on any atom is 0.183 e. The molecule has 0 aliphatic heterocycles. The van der Waals surface area contributed by atoms with Gasteiger partial charge in [-0.15, -0.1) is 12.4 Å². The van der Waals surface area contributed by atoms with Crippen LogP contribution in [0, 0.1) is 5.41 Å². The molecule has 4 heteroatoms. The molecule has 0 radical (unpaired) electrons. The van der Waals surface area contributed by atoms with E-state index in [1.54, 1.807) is 0 Å². The largest absolute Gasteiger partial charge is 0.370 e. The molecule has 0 heterocycles. The van der Waals surface area contributed by atoms with Crippen LogP contribution in [-0.4, -0.2) is 5.96 Å². The van der Waals surface area contributed by atoms with Crippen molar-refractivity contribution in [2.24, 2.45) is 11.5 Å². The Kier molecular flexibility index (Phi) is 6.28. The van der Waals surface area contributed by atoms with E-state index in [9.17, 15) is 0 Å². The van der Waals surface area contributed by atoms with Crippen LogP contribution in [0.25, 0.3) is 0 Å². The van der Waals surface area contributed by atoms with E-state index in [0.29, 0.717) is 0 Å². The highest BCUT2D eigenvalue weighted by molar-refractivity contribution is 5.85. The Hall–Kier alpha value is -0.440. The topological polar surface area (TPSA) is 75.9 Å². The molecule has 32 valence electrons. The van der Waals surface area contributed by atoms with E-state index in [-0.39, 0.29) is 18.4 Å². The first-order chi connectivity index (χ1) is 1.73. The molecular weight excluding hydrogens is 90.5 g/mol. The first-order valence-corrected chi connectivity index (χ1v) is 0.827. The first kappa shape index (κ1) is 8.82. The van der Waals surface area contributed by atoms with E-state index in [1.165, 1.54) is 0 Å². The van der Waals surface area contributed by atoms with E-state index in [2.05, 4.69) is 11.5 Å². The van der Waals surface area contributed by atoms with Gasteiger partial charge in [-0.05, 0) is 0 Å². The number of hydrogen-bond acceptors (Lipinski definition) is 1. The lowest BCUT2D eigenvalue weighted by molar-refractivity contribution is 1.39. The van der Waals surface area contributed by atoms with Crippen molar-refractivity contribution < 1.29 is 0 Å². The highest BCUT2D eigenvalue weighted by Gasteiger charge is 1.52. The van der Waals surface area contributed by atoms with Crippen LogP contribution in [0.4, 0.5) is 0 Å². The summed E-state index contributed by atoms with van der Waals surface area (Å²) in [7, 11) is 0. The lowest BCUT2D eigenvalue weighted by atomic mass is 11.8. The second-order valence-electron chi connectivity index (χ2n) is 0.455. The second-order valence-corrected chi connectivity index (χ2v) is 0.455. The molecule has 0 atom stereocenters. The number of nitrogens with one attached hydrogen (secondary N) is 1. The number of nitrogens with two attached hydrogens (primary N) is 2. The van der Waals surface area contributed by atoms with Crippen LogP contribution >= 0.6 is 12.4 Å². The fourth-order valence-corrected chi connectivity index (χ4v) is 0. The van der Waals surface area contributed by atoms with E-state index in [4.69, 9.17) is 5.41 Å². The van der Waals surface area contributed by atoms with Gasteiger partial charge >= 0.3 is 0 Å². The van der Waals surface area contributed by atoms with Gasteiger partial charge in [0.1, 0.15) is 0 Å². The van der Waals surface area contributed by atoms with Crippen molar-refractivity contribution in [3.8, 4) is 0 Å². The summed E-state index contributed by atoms with van der Waals surface area (Å²) in [6.07, 6.45) is 0. The van der Waals surface area contributed by atoms with Crippen LogP contribution in [0.3, 0.4) is 0 Å². The monoisotopic (exact) mass is 96.0 g/mol. The lowest BCUT2D eigenvalue weighted by Crippen LogP contribution is -2.20. The molecule has 0 rings (SSSR count). The lowest BCUT2D eigenvalue weighted by Gasteiger charge is -1.69. The third-order valence-electron chi connectivity index (χ3n) is 0. The molecule has 0 spiro atoms. The molecule has 0 unspecified atom stereocenters. The minimum Gasteiger partial charge on any atom is -0.370 e. The molecule has 0 aromatic heterocycles. The summed E-state index contributed by atoms with van der Waals surface area (Å²) in [4.78, 5) is 0. The SMILES string of the molecule is Cl.N=[13C](N)N. The Labute approximate surface area is 36.3 Å². The Morgan fingerprint density at radius 1 is 1.40 bits per heavy atom. The van der Waals surface area contributed by atoms with E-state index in [1.807, 2.05) is 0 Å². The van der Waals surface area contributed by atoms with Crippen molar-refractivity contribution in [1.82, 2.24) is 0 Å². The van der Waals surface area contributed by atoms with Gasteiger partial charge in [-0.25, -0.2) is 0 Å². The van der Waals surface area contributed by atoms with Gasteiger partial charge in [0.15, 0.2) is 5.96 Å². The maximum atomic E-state index is 6.06. The molecule has 0 aromatic carbocycles. The third-order valence-corrected chi connectivity index (χ3v) is 0. The van der Waals surface area contributed by atoms with Crippen molar-refractivity contribution in [2.75, 3.05) is 0 Å². The molecule has 3 nitrogen and oxygen atoms in total. The number of guanidine groups is 1. The van der Waals surface area contributed by atoms with Gasteiger partial charge in [0, 0.05) is 0 Å². The number of rotatable bonds is 0. The molecule has 5 N–H and O–H groups in total. The number of hydrogen-bond donors (Lipinski definition) is 3. The van der Waals surface area contributed by atoms with Crippen LogP contribution in [0.15, 0.2) is 0 Å². The zero-order valence-corrected chi connectivity index (χ0v) is 3.38. The van der Waals surface area contributed by atoms with Crippen molar-refractivity contribution >= 4 is 18.4 Å². The molecule has 0 saturated heterocycles. The average Bonchev–Trinajstić information content (AvgIpc) is 0.811. The van der Waals surface area contributed by atoms with Crippen LogP contribution in [0.2, 0.25) is 0 Å². The van der Waals surface area contributed by atoms with Crippen molar-refractivity contribution in [3.63, 3.8) is 0 Å². The zero-order chi connectivity index (χ0) is 3.58.